The van der Waals surface area contributed by atoms with Gasteiger partial charge < -0.3 is 9.88 Å². The van der Waals surface area contributed by atoms with E-state index in [0.717, 1.165) is 5.92 Å². The van der Waals surface area contributed by atoms with E-state index in [0.29, 0.717) is 6.04 Å². The smallest absolute Gasteiger partial charge is 0.0948 e. The normalized spacial score (nSPS) is 27.0. The third-order valence-electron chi connectivity index (χ3n) is 3.31. The molecule has 1 aromatic heterocycles. The monoisotopic (exact) mass is 191 g/mol. The molecule has 0 amide bonds. The lowest BCUT2D eigenvalue weighted by molar-refractivity contribution is 0.539. The van der Waals surface area contributed by atoms with Crippen LogP contribution in [0.15, 0.2) is 12.5 Å². The lowest BCUT2D eigenvalue weighted by atomic mass is 10.2. The highest BCUT2D eigenvalue weighted by Gasteiger charge is 2.25. The van der Waals surface area contributed by atoms with Crippen LogP contribution in [0.1, 0.15) is 37.4 Å². The second-order valence-corrected chi connectivity index (χ2v) is 4.56. The molecule has 0 radical (unpaired) electrons. The van der Waals surface area contributed by atoms with Crippen LogP contribution in [-0.2, 0) is 6.54 Å². The first-order valence-electron chi connectivity index (χ1n) is 5.67. The van der Waals surface area contributed by atoms with Gasteiger partial charge in [-0.3, -0.25) is 0 Å². The van der Waals surface area contributed by atoms with Crippen LogP contribution < -0.4 is 5.32 Å². The number of rotatable bonds is 3. The van der Waals surface area contributed by atoms with Crippen LogP contribution in [0.2, 0.25) is 0 Å². The maximum Gasteiger partial charge on any atom is 0.0948 e. The predicted octanol–water partition coefficient (Wildman–Crippen LogP) is 1.72. The molecule has 3 nitrogen and oxygen atoms in total. The summed E-state index contributed by atoms with van der Waals surface area (Å²) in [5, 5.41) is 3.53. The van der Waals surface area contributed by atoms with Crippen LogP contribution in [0.4, 0.5) is 0 Å². The van der Waals surface area contributed by atoms with Gasteiger partial charge in [0, 0.05) is 18.8 Å². The number of hydrogen-bond donors (Lipinski definition) is 1. The summed E-state index contributed by atoms with van der Waals surface area (Å²) >= 11 is 0. The quantitative estimate of drug-likeness (QED) is 0.788. The molecular weight excluding hydrogens is 174 g/mol. The zero-order valence-corrected chi connectivity index (χ0v) is 8.45. The molecule has 1 aliphatic carbocycles. The van der Waals surface area contributed by atoms with E-state index in [1.165, 1.54) is 44.5 Å². The van der Waals surface area contributed by atoms with Crippen molar-refractivity contribution in [3.63, 3.8) is 0 Å². The minimum atomic E-state index is 0.566. The lowest BCUT2D eigenvalue weighted by Gasteiger charge is -2.13. The second kappa shape index (κ2) is 3.39. The molecular formula is C11H17N3. The average Bonchev–Trinajstić information content (AvgIpc) is 2.68. The fourth-order valence-electron chi connectivity index (χ4n) is 2.29. The Morgan fingerprint density at radius 1 is 1.43 bits per heavy atom. The molecule has 0 bridgehead atoms. The van der Waals surface area contributed by atoms with Crippen molar-refractivity contribution in [2.45, 2.75) is 38.3 Å². The summed E-state index contributed by atoms with van der Waals surface area (Å²) in [6.45, 7) is 2.35. The first-order valence-corrected chi connectivity index (χ1v) is 5.67. The highest BCUT2D eigenvalue weighted by molar-refractivity contribution is 5.07. The molecule has 14 heavy (non-hydrogen) atoms. The summed E-state index contributed by atoms with van der Waals surface area (Å²) in [6.07, 6.45) is 9.43. The van der Waals surface area contributed by atoms with Gasteiger partial charge in [-0.05, 0) is 38.1 Å². The van der Waals surface area contributed by atoms with Crippen LogP contribution in [0.25, 0.3) is 0 Å². The van der Waals surface area contributed by atoms with Gasteiger partial charge in [-0.15, -0.1) is 0 Å². The fourth-order valence-corrected chi connectivity index (χ4v) is 2.29. The topological polar surface area (TPSA) is 29.9 Å². The molecule has 1 atom stereocenters. The average molecular weight is 191 g/mol. The summed E-state index contributed by atoms with van der Waals surface area (Å²) in [4.78, 5) is 4.27. The van der Waals surface area contributed by atoms with E-state index >= 15 is 0 Å². The molecule has 1 N–H and O–H groups in total. The van der Waals surface area contributed by atoms with Crippen LogP contribution in [0, 0.1) is 5.92 Å². The summed E-state index contributed by atoms with van der Waals surface area (Å²) in [5.74, 6) is 0.935. The van der Waals surface area contributed by atoms with E-state index in [1.807, 2.05) is 12.5 Å². The second-order valence-electron chi connectivity index (χ2n) is 4.56. The van der Waals surface area contributed by atoms with Gasteiger partial charge in [0.15, 0.2) is 0 Å². The maximum absolute atomic E-state index is 4.27. The van der Waals surface area contributed by atoms with Crippen LogP contribution in [0.3, 0.4) is 0 Å². The molecule has 2 aliphatic rings. The highest BCUT2D eigenvalue weighted by atomic mass is 15.1. The van der Waals surface area contributed by atoms with Crippen molar-refractivity contribution in [1.29, 1.82) is 0 Å². The molecule has 2 heterocycles. The Labute approximate surface area is 84.5 Å². The van der Waals surface area contributed by atoms with E-state index in [2.05, 4.69) is 14.9 Å². The van der Waals surface area contributed by atoms with Crippen molar-refractivity contribution in [2.75, 3.05) is 6.54 Å². The third kappa shape index (κ3) is 1.57. The van der Waals surface area contributed by atoms with Crippen LogP contribution in [-0.4, -0.2) is 16.1 Å². The van der Waals surface area contributed by atoms with Gasteiger partial charge in [0.05, 0.1) is 12.0 Å². The lowest BCUT2D eigenvalue weighted by Crippen LogP contribution is -2.17. The molecule has 0 spiro atoms. The van der Waals surface area contributed by atoms with E-state index in [-0.39, 0.29) is 0 Å². The number of hydrogen-bond acceptors (Lipinski definition) is 2. The largest absolute Gasteiger partial charge is 0.333 e. The summed E-state index contributed by atoms with van der Waals surface area (Å²) in [6, 6.07) is 0.566. The van der Waals surface area contributed by atoms with Crippen molar-refractivity contribution in [1.82, 2.24) is 14.9 Å². The van der Waals surface area contributed by atoms with Crippen molar-refractivity contribution in [3.8, 4) is 0 Å². The van der Waals surface area contributed by atoms with Crippen LogP contribution >= 0.6 is 0 Å². The van der Waals surface area contributed by atoms with Crippen LogP contribution in [0.5, 0.6) is 0 Å². The van der Waals surface area contributed by atoms with E-state index < -0.39 is 0 Å². The summed E-state index contributed by atoms with van der Waals surface area (Å²) < 4.78 is 2.35. The van der Waals surface area contributed by atoms with Gasteiger partial charge in [0.25, 0.3) is 0 Å². The first-order chi connectivity index (χ1) is 6.93. The molecule has 76 valence electrons. The fraction of sp³-hybridized carbons (Fsp3) is 0.727. The molecule has 3 heteroatoms. The van der Waals surface area contributed by atoms with Crippen molar-refractivity contribution in [2.24, 2.45) is 5.92 Å². The Balaban J connectivity index is 1.77. The van der Waals surface area contributed by atoms with Crippen molar-refractivity contribution >= 4 is 0 Å². The molecule has 0 unspecified atom stereocenters. The Hall–Kier alpha value is -0.830. The zero-order valence-electron chi connectivity index (χ0n) is 8.45. The van der Waals surface area contributed by atoms with Gasteiger partial charge in [0.1, 0.15) is 0 Å². The third-order valence-corrected chi connectivity index (χ3v) is 3.31. The zero-order chi connectivity index (χ0) is 9.38. The van der Waals surface area contributed by atoms with E-state index in [9.17, 15) is 0 Å². The minimum Gasteiger partial charge on any atom is -0.333 e. The number of nitrogens with one attached hydrogen (secondary N) is 1. The Kier molecular flexibility index (Phi) is 2.05. The van der Waals surface area contributed by atoms with E-state index in [1.54, 1.807) is 0 Å². The minimum absolute atomic E-state index is 0.566. The highest BCUT2D eigenvalue weighted by Crippen LogP contribution is 2.32. The van der Waals surface area contributed by atoms with Gasteiger partial charge >= 0.3 is 0 Å². The summed E-state index contributed by atoms with van der Waals surface area (Å²) in [7, 11) is 0. The standard InChI is InChI=1S/C11H17N3/c1-2-10(13-5-1)11-6-12-8-14(11)7-9-3-4-9/h6,8-10,13H,1-5,7H2/t10-/m1/s1. The molecule has 0 aromatic carbocycles. The first kappa shape index (κ1) is 8.48. The Bertz CT molecular complexity index is 308. The molecule has 1 aromatic rings. The number of imidazole rings is 1. The number of nitrogens with zero attached hydrogens (tertiary/aromatic N) is 2. The molecule has 2 fully saturated rings. The molecule has 1 saturated carbocycles. The number of aromatic nitrogens is 2. The van der Waals surface area contributed by atoms with Crippen molar-refractivity contribution in [3.05, 3.63) is 18.2 Å². The van der Waals surface area contributed by atoms with Crippen molar-refractivity contribution < 1.29 is 0 Å². The van der Waals surface area contributed by atoms with Gasteiger partial charge in [-0.25, -0.2) is 4.98 Å². The van der Waals surface area contributed by atoms with Gasteiger partial charge in [-0.1, -0.05) is 0 Å². The summed E-state index contributed by atoms with van der Waals surface area (Å²) in [5.41, 5.74) is 1.40. The molecule has 1 aliphatic heterocycles. The molecule has 1 saturated heterocycles. The predicted molar refractivity (Wildman–Crippen MR) is 54.9 cm³/mol. The van der Waals surface area contributed by atoms with E-state index in [4.69, 9.17) is 0 Å². The van der Waals surface area contributed by atoms with Gasteiger partial charge in [0.2, 0.25) is 0 Å². The Morgan fingerprint density at radius 2 is 2.36 bits per heavy atom. The molecule has 3 rings (SSSR count). The maximum atomic E-state index is 4.27. The van der Waals surface area contributed by atoms with Gasteiger partial charge in [-0.2, -0.15) is 0 Å². The Morgan fingerprint density at radius 3 is 3.07 bits per heavy atom. The SMILES string of the molecule is c1ncn(CC2CC2)c1[C@H]1CCCN1.